The SMILES string of the molecule is CCCCCCCCOC(=O)CCc1nnc(C(F)F)o1. The fourth-order valence-corrected chi connectivity index (χ4v) is 1.81. The van der Waals surface area contributed by atoms with Gasteiger partial charge in [0.1, 0.15) is 0 Å². The van der Waals surface area contributed by atoms with Gasteiger partial charge in [0.2, 0.25) is 5.89 Å². The minimum atomic E-state index is -2.79. The Morgan fingerprint density at radius 2 is 1.90 bits per heavy atom. The maximum Gasteiger partial charge on any atom is 0.314 e. The minimum absolute atomic E-state index is 0.0295. The number of halogens is 2. The number of carbonyl (C=O) groups excluding carboxylic acids is 1. The second-order valence-corrected chi connectivity index (χ2v) is 4.82. The molecule has 0 radical (unpaired) electrons. The first-order chi connectivity index (χ1) is 10.1. The van der Waals surface area contributed by atoms with Crippen LogP contribution in [0.4, 0.5) is 8.78 Å². The Balaban J connectivity index is 2.05. The molecule has 0 fully saturated rings. The molecule has 120 valence electrons. The first-order valence-corrected chi connectivity index (χ1v) is 7.39. The molecule has 0 aliphatic heterocycles. The van der Waals surface area contributed by atoms with Gasteiger partial charge in [-0.3, -0.25) is 4.79 Å². The number of alkyl halides is 2. The van der Waals surface area contributed by atoms with E-state index in [1.54, 1.807) is 0 Å². The summed E-state index contributed by atoms with van der Waals surface area (Å²) >= 11 is 0. The number of nitrogens with zero attached hydrogens (tertiary/aromatic N) is 2. The van der Waals surface area contributed by atoms with Crippen molar-refractivity contribution in [3.63, 3.8) is 0 Å². The second kappa shape index (κ2) is 10.2. The highest BCUT2D eigenvalue weighted by Gasteiger charge is 2.16. The van der Waals surface area contributed by atoms with Crippen molar-refractivity contribution in [3.05, 3.63) is 11.8 Å². The first-order valence-electron chi connectivity index (χ1n) is 7.39. The van der Waals surface area contributed by atoms with E-state index in [0.717, 1.165) is 19.3 Å². The molecule has 1 aromatic heterocycles. The Morgan fingerprint density at radius 1 is 1.19 bits per heavy atom. The molecule has 0 amide bonds. The molecule has 0 aliphatic carbocycles. The van der Waals surface area contributed by atoms with Gasteiger partial charge in [-0.25, -0.2) is 0 Å². The fraction of sp³-hybridized carbons (Fsp3) is 0.786. The van der Waals surface area contributed by atoms with E-state index in [1.807, 2.05) is 0 Å². The highest BCUT2D eigenvalue weighted by molar-refractivity contribution is 5.69. The van der Waals surface area contributed by atoms with Gasteiger partial charge in [0.25, 0.3) is 5.89 Å². The average Bonchev–Trinajstić information content (AvgIpc) is 2.93. The Hall–Kier alpha value is -1.53. The molecule has 0 unspecified atom stereocenters. The van der Waals surface area contributed by atoms with Crippen LogP contribution in [-0.4, -0.2) is 22.8 Å². The van der Waals surface area contributed by atoms with Crippen LogP contribution in [0.25, 0.3) is 0 Å². The van der Waals surface area contributed by atoms with E-state index in [9.17, 15) is 13.6 Å². The number of carbonyl (C=O) groups is 1. The quantitative estimate of drug-likeness (QED) is 0.459. The van der Waals surface area contributed by atoms with Gasteiger partial charge in [0.05, 0.1) is 13.0 Å². The van der Waals surface area contributed by atoms with Crippen LogP contribution in [0.2, 0.25) is 0 Å². The molecule has 0 spiro atoms. The highest BCUT2D eigenvalue weighted by Crippen LogP contribution is 2.17. The van der Waals surface area contributed by atoms with Gasteiger partial charge in [-0.1, -0.05) is 39.0 Å². The standard InChI is InChI=1S/C14H22F2N2O3/c1-2-3-4-5-6-7-10-20-12(19)9-8-11-17-18-14(21-11)13(15)16/h13H,2-10H2,1H3. The monoisotopic (exact) mass is 304 g/mol. The topological polar surface area (TPSA) is 65.2 Å². The third kappa shape index (κ3) is 7.72. The third-order valence-electron chi connectivity index (χ3n) is 2.97. The Labute approximate surface area is 123 Å². The van der Waals surface area contributed by atoms with Crippen LogP contribution < -0.4 is 0 Å². The Kier molecular flexibility index (Phi) is 8.54. The van der Waals surface area contributed by atoms with Gasteiger partial charge >= 0.3 is 12.4 Å². The van der Waals surface area contributed by atoms with Crippen LogP contribution in [0.1, 0.15) is 70.1 Å². The van der Waals surface area contributed by atoms with Crippen LogP contribution in [0.3, 0.4) is 0 Å². The van der Waals surface area contributed by atoms with E-state index >= 15 is 0 Å². The second-order valence-electron chi connectivity index (χ2n) is 4.82. The number of hydrogen-bond acceptors (Lipinski definition) is 5. The van der Waals surface area contributed by atoms with Gasteiger partial charge in [-0.05, 0) is 6.42 Å². The molecule has 0 aromatic carbocycles. The van der Waals surface area contributed by atoms with Gasteiger partial charge in [0, 0.05) is 6.42 Å². The van der Waals surface area contributed by atoms with Crippen molar-refractivity contribution in [2.24, 2.45) is 0 Å². The lowest BCUT2D eigenvalue weighted by atomic mass is 10.1. The lowest BCUT2D eigenvalue weighted by Crippen LogP contribution is -2.07. The van der Waals surface area contributed by atoms with Gasteiger partial charge < -0.3 is 9.15 Å². The molecule has 5 nitrogen and oxygen atoms in total. The van der Waals surface area contributed by atoms with Crippen LogP contribution in [0, 0.1) is 0 Å². The molecule has 0 saturated heterocycles. The van der Waals surface area contributed by atoms with Crippen molar-refractivity contribution in [2.45, 2.75) is 64.7 Å². The lowest BCUT2D eigenvalue weighted by Gasteiger charge is -2.03. The fourth-order valence-electron chi connectivity index (χ4n) is 1.81. The van der Waals surface area contributed by atoms with E-state index in [-0.39, 0.29) is 24.7 Å². The molecule has 1 rings (SSSR count). The zero-order chi connectivity index (χ0) is 15.5. The van der Waals surface area contributed by atoms with Crippen LogP contribution in [0.5, 0.6) is 0 Å². The Morgan fingerprint density at radius 3 is 2.57 bits per heavy atom. The first kappa shape index (κ1) is 17.5. The number of rotatable bonds is 11. The zero-order valence-electron chi connectivity index (χ0n) is 12.3. The minimum Gasteiger partial charge on any atom is -0.466 e. The predicted octanol–water partition coefficient (Wildman–Crippen LogP) is 3.84. The third-order valence-corrected chi connectivity index (χ3v) is 2.97. The molecule has 1 heterocycles. The van der Waals surface area contributed by atoms with Crippen LogP contribution in [-0.2, 0) is 16.0 Å². The van der Waals surface area contributed by atoms with E-state index < -0.39 is 12.3 Å². The molecule has 21 heavy (non-hydrogen) atoms. The van der Waals surface area contributed by atoms with Crippen molar-refractivity contribution in [1.29, 1.82) is 0 Å². The summed E-state index contributed by atoms with van der Waals surface area (Å²) in [5, 5.41) is 6.63. The molecule has 0 aliphatic rings. The van der Waals surface area contributed by atoms with E-state index in [0.29, 0.717) is 6.61 Å². The van der Waals surface area contributed by atoms with Crippen molar-refractivity contribution >= 4 is 5.97 Å². The van der Waals surface area contributed by atoms with Gasteiger partial charge in [0.15, 0.2) is 0 Å². The number of hydrogen-bond donors (Lipinski definition) is 0. The highest BCUT2D eigenvalue weighted by atomic mass is 19.3. The smallest absolute Gasteiger partial charge is 0.314 e. The summed E-state index contributed by atoms with van der Waals surface area (Å²) in [4.78, 5) is 11.4. The Bertz CT molecular complexity index is 411. The summed E-state index contributed by atoms with van der Waals surface area (Å²) in [6.07, 6.45) is 4.11. The summed E-state index contributed by atoms with van der Waals surface area (Å²) in [6, 6.07) is 0. The van der Waals surface area contributed by atoms with Gasteiger partial charge in [-0.15, -0.1) is 10.2 Å². The predicted molar refractivity (Wildman–Crippen MR) is 71.9 cm³/mol. The number of aryl methyl sites for hydroxylation is 1. The van der Waals surface area contributed by atoms with Crippen molar-refractivity contribution in [2.75, 3.05) is 6.61 Å². The molecule has 0 bridgehead atoms. The zero-order valence-corrected chi connectivity index (χ0v) is 12.3. The number of esters is 1. The van der Waals surface area contributed by atoms with Gasteiger partial charge in [-0.2, -0.15) is 8.78 Å². The summed E-state index contributed by atoms with van der Waals surface area (Å²) in [5.41, 5.74) is 0. The maximum atomic E-state index is 12.2. The number of ether oxygens (including phenoxy) is 1. The van der Waals surface area contributed by atoms with E-state index in [1.165, 1.54) is 19.3 Å². The normalized spacial score (nSPS) is 11.0. The lowest BCUT2D eigenvalue weighted by molar-refractivity contribution is -0.143. The molecular weight excluding hydrogens is 282 g/mol. The molecule has 0 saturated carbocycles. The molecule has 7 heteroatoms. The van der Waals surface area contributed by atoms with Crippen LogP contribution in [0.15, 0.2) is 4.42 Å². The largest absolute Gasteiger partial charge is 0.466 e. The van der Waals surface area contributed by atoms with Crippen molar-refractivity contribution in [1.82, 2.24) is 10.2 Å². The molecule has 1 aromatic rings. The summed E-state index contributed by atoms with van der Waals surface area (Å²) in [7, 11) is 0. The average molecular weight is 304 g/mol. The molecule has 0 N–H and O–H groups in total. The van der Waals surface area contributed by atoms with E-state index in [4.69, 9.17) is 9.15 Å². The summed E-state index contributed by atoms with van der Waals surface area (Å²) < 4.78 is 34.2. The number of aromatic nitrogens is 2. The van der Waals surface area contributed by atoms with Crippen LogP contribution >= 0.6 is 0 Å². The number of unbranched alkanes of at least 4 members (excludes halogenated alkanes) is 5. The van der Waals surface area contributed by atoms with Crippen molar-refractivity contribution in [3.8, 4) is 0 Å². The van der Waals surface area contributed by atoms with E-state index in [2.05, 4.69) is 17.1 Å². The molecule has 0 atom stereocenters. The summed E-state index contributed by atoms with van der Waals surface area (Å²) in [6.45, 7) is 2.56. The molecular formula is C14H22F2N2O3. The van der Waals surface area contributed by atoms with Crippen molar-refractivity contribution < 1.29 is 22.7 Å². The maximum absolute atomic E-state index is 12.2. The summed E-state index contributed by atoms with van der Waals surface area (Å²) in [5.74, 6) is -1.06.